The highest BCUT2D eigenvalue weighted by molar-refractivity contribution is 5.76. The summed E-state index contributed by atoms with van der Waals surface area (Å²) in [5, 5.41) is 5.58. The van der Waals surface area contributed by atoms with E-state index in [9.17, 15) is 9.59 Å². The summed E-state index contributed by atoms with van der Waals surface area (Å²) in [7, 11) is 6.09. The van der Waals surface area contributed by atoms with Crippen LogP contribution >= 0.6 is 0 Å². The summed E-state index contributed by atoms with van der Waals surface area (Å²) in [6.45, 7) is 0. The number of hydrogen-bond acceptors (Lipinski definition) is 6. The number of H-pyrrole nitrogens is 2. The van der Waals surface area contributed by atoms with E-state index >= 15 is 0 Å². The van der Waals surface area contributed by atoms with Gasteiger partial charge in [0.25, 0.3) is 5.56 Å². The van der Waals surface area contributed by atoms with Crippen molar-refractivity contribution in [2.75, 3.05) is 28.4 Å². The van der Waals surface area contributed by atoms with E-state index in [-0.39, 0.29) is 12.0 Å². The van der Waals surface area contributed by atoms with Crippen LogP contribution in [0.1, 0.15) is 34.7 Å². The fourth-order valence-corrected chi connectivity index (χ4v) is 3.83. The minimum atomic E-state index is -0.662. The molecule has 2 aromatic carbocycles. The van der Waals surface area contributed by atoms with E-state index in [2.05, 4.69) is 10.2 Å². The zero-order chi connectivity index (χ0) is 23.3. The van der Waals surface area contributed by atoms with Crippen molar-refractivity contribution in [1.82, 2.24) is 10.2 Å². The molecule has 0 saturated carbocycles. The molecule has 0 spiro atoms. The molecule has 1 amide bonds. The molecule has 9 heteroatoms. The number of nitrogens with two attached hydrogens (primary N) is 1. The van der Waals surface area contributed by atoms with Crippen molar-refractivity contribution in [2.45, 2.75) is 18.8 Å². The van der Waals surface area contributed by atoms with Gasteiger partial charge in [-0.1, -0.05) is 18.2 Å². The monoisotopic (exact) mass is 441 g/mol. The number of methoxy groups -OCH3 is 4. The van der Waals surface area contributed by atoms with Crippen molar-refractivity contribution in [3.63, 3.8) is 0 Å². The summed E-state index contributed by atoms with van der Waals surface area (Å²) in [6.07, 6.45) is 0.339. The molecule has 3 rings (SSSR count). The molecule has 0 bridgehead atoms. The van der Waals surface area contributed by atoms with Gasteiger partial charge in [0.15, 0.2) is 11.5 Å². The van der Waals surface area contributed by atoms with Crippen LogP contribution in [0.2, 0.25) is 0 Å². The smallest absolute Gasteiger partial charge is 0.267 e. The largest absolute Gasteiger partial charge is 0.497 e. The lowest BCUT2D eigenvalue weighted by molar-refractivity contribution is -0.118. The van der Waals surface area contributed by atoms with E-state index in [0.717, 1.165) is 11.3 Å². The van der Waals surface area contributed by atoms with Gasteiger partial charge in [-0.25, -0.2) is 0 Å². The molecule has 0 fully saturated rings. The quantitative estimate of drug-likeness (QED) is 0.443. The number of ether oxygens (including phenoxy) is 4. The van der Waals surface area contributed by atoms with Crippen LogP contribution in [0.4, 0.5) is 0 Å². The van der Waals surface area contributed by atoms with Crippen molar-refractivity contribution in [3.8, 4) is 23.0 Å². The molecule has 32 heavy (non-hydrogen) atoms. The lowest BCUT2D eigenvalue weighted by Gasteiger charge is -2.21. The third-order valence-corrected chi connectivity index (χ3v) is 5.30. The number of aromatic amines is 2. The first-order valence-corrected chi connectivity index (χ1v) is 9.92. The summed E-state index contributed by atoms with van der Waals surface area (Å²) >= 11 is 0. The van der Waals surface area contributed by atoms with Crippen LogP contribution in [0.3, 0.4) is 0 Å². The predicted octanol–water partition coefficient (Wildman–Crippen LogP) is 2.34. The fraction of sp³-hybridized carbons (Fsp3) is 0.304. The molecule has 4 N–H and O–H groups in total. The Balaban J connectivity index is 2.13. The van der Waals surface area contributed by atoms with E-state index in [0.29, 0.717) is 40.5 Å². The molecule has 0 unspecified atom stereocenters. The second kappa shape index (κ2) is 9.95. The second-order valence-electron chi connectivity index (χ2n) is 7.14. The molecule has 170 valence electrons. The topological polar surface area (TPSA) is 129 Å². The second-order valence-corrected chi connectivity index (χ2v) is 7.14. The Hall–Kier alpha value is -3.88. The van der Waals surface area contributed by atoms with Crippen molar-refractivity contribution in [2.24, 2.45) is 5.73 Å². The summed E-state index contributed by atoms with van der Waals surface area (Å²) < 4.78 is 21.6. The SMILES string of the molecule is COc1ccc(Cc2[nH][nH]c(=O)c2[C@H](CC(N)=O)c2ccc(OC)c(OC)c2OC)cc1. The molecule has 0 radical (unpaired) electrons. The van der Waals surface area contributed by atoms with Crippen LogP contribution in [0.5, 0.6) is 23.0 Å². The molecular weight excluding hydrogens is 414 g/mol. The molecule has 3 aromatic rings. The normalized spacial score (nSPS) is 11.6. The Morgan fingerprint density at radius 2 is 1.59 bits per heavy atom. The molecule has 0 saturated heterocycles. The number of carbonyl (C=O) groups is 1. The maximum Gasteiger partial charge on any atom is 0.267 e. The highest BCUT2D eigenvalue weighted by Crippen LogP contribution is 2.45. The molecule has 1 aromatic heterocycles. The van der Waals surface area contributed by atoms with Gasteiger partial charge in [0.1, 0.15) is 5.75 Å². The first-order chi connectivity index (χ1) is 15.4. The highest BCUT2D eigenvalue weighted by Gasteiger charge is 2.29. The molecule has 1 atom stereocenters. The minimum absolute atomic E-state index is 0.0949. The number of benzene rings is 2. The summed E-state index contributed by atoms with van der Waals surface area (Å²) in [5.74, 6) is 0.721. The lowest BCUT2D eigenvalue weighted by atomic mass is 9.86. The molecule has 9 nitrogen and oxygen atoms in total. The first kappa shape index (κ1) is 22.8. The van der Waals surface area contributed by atoms with Crippen LogP contribution < -0.4 is 30.2 Å². The highest BCUT2D eigenvalue weighted by atomic mass is 16.5. The third kappa shape index (κ3) is 4.56. The van der Waals surface area contributed by atoms with E-state index in [4.69, 9.17) is 24.7 Å². The third-order valence-electron chi connectivity index (χ3n) is 5.30. The molecule has 1 heterocycles. The van der Waals surface area contributed by atoms with E-state index < -0.39 is 11.8 Å². The van der Waals surface area contributed by atoms with Crippen LogP contribution in [0.25, 0.3) is 0 Å². The Labute approximate surface area is 185 Å². The zero-order valence-corrected chi connectivity index (χ0v) is 18.5. The lowest BCUT2D eigenvalue weighted by Crippen LogP contribution is -2.21. The number of carbonyl (C=O) groups excluding carboxylic acids is 1. The number of primary amides is 1. The Bertz CT molecular complexity index is 1130. The Kier molecular flexibility index (Phi) is 7.09. The van der Waals surface area contributed by atoms with Gasteiger partial charge in [-0.2, -0.15) is 0 Å². The standard InChI is InChI=1S/C23H27N3O6/c1-29-14-7-5-13(6-8-14)11-17-20(23(28)26-25-17)16(12-19(24)27)15-9-10-18(30-2)22(32-4)21(15)31-3/h5-10,16H,11-12H2,1-4H3,(H2,24,27)(H2,25,26,28)/t16-/m1/s1. The van der Waals surface area contributed by atoms with Crippen molar-refractivity contribution >= 4 is 5.91 Å². The number of nitrogens with one attached hydrogen (secondary N) is 2. The minimum Gasteiger partial charge on any atom is -0.497 e. The van der Waals surface area contributed by atoms with E-state index in [1.807, 2.05) is 24.3 Å². The predicted molar refractivity (Wildman–Crippen MR) is 119 cm³/mol. The Morgan fingerprint density at radius 3 is 2.16 bits per heavy atom. The summed E-state index contributed by atoms with van der Waals surface area (Å²) in [6, 6.07) is 11.0. The fourth-order valence-electron chi connectivity index (χ4n) is 3.83. The molecule has 0 aliphatic heterocycles. The van der Waals surface area contributed by atoms with Crippen LogP contribution in [-0.4, -0.2) is 44.5 Å². The first-order valence-electron chi connectivity index (χ1n) is 9.92. The van der Waals surface area contributed by atoms with Crippen molar-refractivity contribution < 1.29 is 23.7 Å². The number of hydrogen-bond donors (Lipinski definition) is 3. The van der Waals surface area contributed by atoms with Gasteiger partial charge in [0.05, 0.1) is 28.4 Å². The van der Waals surface area contributed by atoms with Crippen LogP contribution in [-0.2, 0) is 11.2 Å². The summed E-state index contributed by atoms with van der Waals surface area (Å²) in [5.41, 5.74) is 7.83. The van der Waals surface area contributed by atoms with Gasteiger partial charge >= 0.3 is 0 Å². The molecular formula is C23H27N3O6. The van der Waals surface area contributed by atoms with E-state index in [1.165, 1.54) is 21.3 Å². The average molecular weight is 441 g/mol. The van der Waals surface area contributed by atoms with Gasteiger partial charge < -0.3 is 29.8 Å². The average Bonchev–Trinajstić information content (AvgIpc) is 3.16. The molecule has 0 aliphatic carbocycles. The van der Waals surface area contributed by atoms with Gasteiger partial charge in [-0.05, 0) is 23.8 Å². The van der Waals surface area contributed by atoms with Gasteiger partial charge in [0.2, 0.25) is 11.7 Å². The van der Waals surface area contributed by atoms with E-state index in [1.54, 1.807) is 19.2 Å². The maximum atomic E-state index is 12.8. The Morgan fingerprint density at radius 1 is 0.906 bits per heavy atom. The van der Waals surface area contributed by atoms with Crippen molar-refractivity contribution in [1.29, 1.82) is 0 Å². The van der Waals surface area contributed by atoms with Gasteiger partial charge in [-0.3, -0.25) is 14.7 Å². The number of rotatable bonds is 10. The van der Waals surface area contributed by atoms with Crippen LogP contribution in [0, 0.1) is 0 Å². The zero-order valence-electron chi connectivity index (χ0n) is 18.5. The van der Waals surface area contributed by atoms with Gasteiger partial charge in [0, 0.05) is 35.6 Å². The van der Waals surface area contributed by atoms with Crippen LogP contribution in [0.15, 0.2) is 41.2 Å². The number of aromatic nitrogens is 2. The van der Waals surface area contributed by atoms with Gasteiger partial charge in [-0.15, -0.1) is 0 Å². The molecule has 0 aliphatic rings. The maximum absolute atomic E-state index is 12.8. The summed E-state index contributed by atoms with van der Waals surface area (Å²) in [4.78, 5) is 24.8. The van der Waals surface area contributed by atoms with Crippen molar-refractivity contribution in [3.05, 3.63) is 69.1 Å². The number of amides is 1.